The van der Waals surface area contributed by atoms with Crippen LogP contribution in [0.15, 0.2) is 12.4 Å². The van der Waals surface area contributed by atoms with Crippen LogP contribution in [0.3, 0.4) is 0 Å². The highest BCUT2D eigenvalue weighted by molar-refractivity contribution is 5.73. The first-order chi connectivity index (χ1) is 8.49. The Kier molecular flexibility index (Phi) is 3.68. The summed E-state index contributed by atoms with van der Waals surface area (Å²) in [5, 5.41) is 4.25. The number of alkyl halides is 1. The van der Waals surface area contributed by atoms with Crippen LogP contribution in [0.25, 0.3) is 0 Å². The number of carbonyl (C=O) groups is 1. The first-order valence-corrected chi connectivity index (χ1v) is 6.42. The topological polar surface area (TPSA) is 38.1 Å². The van der Waals surface area contributed by atoms with Crippen molar-refractivity contribution in [2.24, 2.45) is 0 Å². The number of amides is 1. The SMILES string of the molecule is CC(=O)N1CC[C@H](n2cc(C(C)C)cn2)[C@@H](F)C1. The van der Waals surface area contributed by atoms with Crippen LogP contribution in [-0.2, 0) is 4.79 Å². The van der Waals surface area contributed by atoms with Crippen LogP contribution in [0, 0.1) is 0 Å². The predicted octanol–water partition coefficient (Wildman–Crippen LogP) is 2.14. The second-order valence-electron chi connectivity index (χ2n) is 5.25. The quantitative estimate of drug-likeness (QED) is 0.810. The Hall–Kier alpha value is -1.39. The number of piperidine rings is 1. The van der Waals surface area contributed by atoms with Crippen LogP contribution in [0.4, 0.5) is 4.39 Å². The third-order valence-corrected chi connectivity index (χ3v) is 3.58. The van der Waals surface area contributed by atoms with Crippen molar-refractivity contribution < 1.29 is 9.18 Å². The lowest BCUT2D eigenvalue weighted by Gasteiger charge is -2.34. The molecule has 1 aliphatic rings. The maximum absolute atomic E-state index is 14.1. The summed E-state index contributed by atoms with van der Waals surface area (Å²) in [5.41, 5.74) is 1.12. The maximum Gasteiger partial charge on any atom is 0.219 e. The summed E-state index contributed by atoms with van der Waals surface area (Å²) in [5.74, 6) is 0.341. The summed E-state index contributed by atoms with van der Waals surface area (Å²) in [6.07, 6.45) is 3.31. The van der Waals surface area contributed by atoms with Crippen molar-refractivity contribution in [2.75, 3.05) is 13.1 Å². The molecule has 2 rings (SSSR count). The zero-order valence-corrected chi connectivity index (χ0v) is 11.1. The Morgan fingerprint density at radius 3 is 2.78 bits per heavy atom. The standard InChI is InChI=1S/C13H20FN3O/c1-9(2)11-6-15-17(7-11)13-4-5-16(10(3)18)8-12(13)14/h6-7,9,12-13H,4-5,8H2,1-3H3/t12-,13-/m0/s1. The van der Waals surface area contributed by atoms with Crippen molar-refractivity contribution >= 4 is 5.91 Å². The summed E-state index contributed by atoms with van der Waals surface area (Å²) in [6.45, 7) is 6.45. The average molecular weight is 253 g/mol. The van der Waals surface area contributed by atoms with Gasteiger partial charge in [-0.1, -0.05) is 13.8 Å². The zero-order valence-electron chi connectivity index (χ0n) is 11.1. The van der Waals surface area contributed by atoms with Crippen molar-refractivity contribution in [1.29, 1.82) is 0 Å². The normalized spacial score (nSPS) is 24.6. The number of likely N-dealkylation sites (tertiary alicyclic amines) is 1. The van der Waals surface area contributed by atoms with E-state index in [4.69, 9.17) is 0 Å². The van der Waals surface area contributed by atoms with Gasteiger partial charge in [-0.15, -0.1) is 0 Å². The molecule has 0 aliphatic carbocycles. The fourth-order valence-corrected chi connectivity index (χ4v) is 2.31. The third kappa shape index (κ3) is 2.54. The van der Waals surface area contributed by atoms with Gasteiger partial charge in [0.25, 0.3) is 0 Å². The van der Waals surface area contributed by atoms with Gasteiger partial charge in [0.2, 0.25) is 5.91 Å². The lowest BCUT2D eigenvalue weighted by molar-refractivity contribution is -0.131. The van der Waals surface area contributed by atoms with Crippen molar-refractivity contribution in [3.8, 4) is 0 Å². The highest BCUT2D eigenvalue weighted by Crippen LogP contribution is 2.26. The van der Waals surface area contributed by atoms with Crippen molar-refractivity contribution in [1.82, 2.24) is 14.7 Å². The van der Waals surface area contributed by atoms with Crippen LogP contribution in [-0.4, -0.2) is 39.8 Å². The fourth-order valence-electron chi connectivity index (χ4n) is 2.31. The molecule has 1 aromatic rings. The first kappa shape index (κ1) is 13.1. The van der Waals surface area contributed by atoms with Crippen LogP contribution in [0.1, 0.15) is 44.7 Å². The number of carbonyl (C=O) groups excluding carboxylic acids is 1. The van der Waals surface area contributed by atoms with Crippen LogP contribution >= 0.6 is 0 Å². The number of halogens is 1. The van der Waals surface area contributed by atoms with E-state index in [-0.39, 0.29) is 18.5 Å². The minimum absolute atomic E-state index is 0.0561. The van der Waals surface area contributed by atoms with E-state index in [0.29, 0.717) is 18.9 Å². The minimum Gasteiger partial charge on any atom is -0.340 e. The molecule has 0 unspecified atom stereocenters. The van der Waals surface area contributed by atoms with E-state index in [9.17, 15) is 9.18 Å². The number of nitrogens with zero attached hydrogens (tertiary/aromatic N) is 3. The van der Waals surface area contributed by atoms with Crippen molar-refractivity contribution in [3.63, 3.8) is 0 Å². The molecule has 0 bridgehead atoms. The van der Waals surface area contributed by atoms with Gasteiger partial charge >= 0.3 is 0 Å². The molecule has 2 heterocycles. The Labute approximate surface area is 107 Å². The van der Waals surface area contributed by atoms with Gasteiger partial charge in [0, 0.05) is 19.7 Å². The molecule has 1 aromatic heterocycles. The van der Waals surface area contributed by atoms with Gasteiger partial charge in [-0.3, -0.25) is 9.48 Å². The molecule has 0 aromatic carbocycles. The van der Waals surface area contributed by atoms with E-state index >= 15 is 0 Å². The van der Waals surface area contributed by atoms with Crippen LogP contribution < -0.4 is 0 Å². The highest BCUT2D eigenvalue weighted by atomic mass is 19.1. The Balaban J connectivity index is 2.08. The van der Waals surface area contributed by atoms with Crippen LogP contribution in [0.2, 0.25) is 0 Å². The van der Waals surface area contributed by atoms with Gasteiger partial charge in [-0.2, -0.15) is 5.10 Å². The lowest BCUT2D eigenvalue weighted by Crippen LogP contribution is -2.44. The van der Waals surface area contributed by atoms with Crippen molar-refractivity contribution in [3.05, 3.63) is 18.0 Å². The molecule has 1 amide bonds. The van der Waals surface area contributed by atoms with E-state index in [2.05, 4.69) is 18.9 Å². The van der Waals surface area contributed by atoms with Gasteiger partial charge in [0.1, 0.15) is 6.17 Å². The Bertz CT molecular complexity index is 430. The van der Waals surface area contributed by atoms with Gasteiger partial charge in [0.15, 0.2) is 0 Å². The van der Waals surface area contributed by atoms with E-state index in [1.54, 1.807) is 15.8 Å². The summed E-state index contributed by atoms with van der Waals surface area (Å²) in [7, 11) is 0. The van der Waals surface area contributed by atoms with Gasteiger partial charge in [-0.25, -0.2) is 4.39 Å². The van der Waals surface area contributed by atoms with E-state index < -0.39 is 6.17 Å². The molecular weight excluding hydrogens is 233 g/mol. The molecule has 0 N–H and O–H groups in total. The lowest BCUT2D eigenvalue weighted by atomic mass is 10.0. The molecule has 4 nitrogen and oxygen atoms in total. The number of rotatable bonds is 2. The molecule has 1 saturated heterocycles. The first-order valence-electron chi connectivity index (χ1n) is 6.42. The zero-order chi connectivity index (χ0) is 13.3. The average Bonchev–Trinajstić information content (AvgIpc) is 2.78. The van der Waals surface area contributed by atoms with Gasteiger partial charge in [-0.05, 0) is 17.9 Å². The van der Waals surface area contributed by atoms with E-state index in [1.165, 1.54) is 6.92 Å². The second kappa shape index (κ2) is 5.08. The molecule has 0 radical (unpaired) electrons. The summed E-state index contributed by atoms with van der Waals surface area (Å²) >= 11 is 0. The second-order valence-corrected chi connectivity index (χ2v) is 5.25. The Morgan fingerprint density at radius 1 is 1.56 bits per heavy atom. The molecule has 1 aliphatic heterocycles. The summed E-state index contributed by atoms with van der Waals surface area (Å²) in [4.78, 5) is 12.8. The van der Waals surface area contributed by atoms with E-state index in [1.807, 2.05) is 6.20 Å². The molecule has 2 atom stereocenters. The fraction of sp³-hybridized carbons (Fsp3) is 0.692. The van der Waals surface area contributed by atoms with E-state index in [0.717, 1.165) is 5.56 Å². The summed E-state index contributed by atoms with van der Waals surface area (Å²) < 4.78 is 15.8. The predicted molar refractivity (Wildman–Crippen MR) is 67.1 cm³/mol. The monoisotopic (exact) mass is 253 g/mol. The van der Waals surface area contributed by atoms with Crippen molar-refractivity contribution in [2.45, 2.75) is 45.3 Å². The molecule has 100 valence electrons. The highest BCUT2D eigenvalue weighted by Gasteiger charge is 2.32. The van der Waals surface area contributed by atoms with Gasteiger partial charge < -0.3 is 4.90 Å². The maximum atomic E-state index is 14.1. The minimum atomic E-state index is -1.04. The smallest absolute Gasteiger partial charge is 0.219 e. The van der Waals surface area contributed by atoms with Gasteiger partial charge in [0.05, 0.1) is 18.8 Å². The molecule has 5 heteroatoms. The largest absolute Gasteiger partial charge is 0.340 e. The molecule has 0 saturated carbocycles. The number of aromatic nitrogens is 2. The molecule has 0 spiro atoms. The molecule has 18 heavy (non-hydrogen) atoms. The summed E-state index contributed by atoms with van der Waals surface area (Å²) in [6, 6.07) is -0.243. The molecular formula is C13H20FN3O. The third-order valence-electron chi connectivity index (χ3n) is 3.58. The number of hydrogen-bond donors (Lipinski definition) is 0. The Morgan fingerprint density at radius 2 is 2.28 bits per heavy atom. The number of hydrogen-bond acceptors (Lipinski definition) is 2. The van der Waals surface area contributed by atoms with Crippen LogP contribution in [0.5, 0.6) is 0 Å². The molecule has 1 fully saturated rings.